The van der Waals surface area contributed by atoms with Gasteiger partial charge in [0.1, 0.15) is 5.82 Å². The third-order valence-corrected chi connectivity index (χ3v) is 10.0. The molecular weight excluding hydrogens is 607 g/mol. The number of allylic oxidation sites excluding steroid dienone is 2. The number of hydrogen-bond donors (Lipinski definition) is 0. The lowest BCUT2D eigenvalue weighted by Crippen LogP contribution is -2.41. The van der Waals surface area contributed by atoms with Crippen LogP contribution in [0.1, 0.15) is 87.0 Å². The molecule has 0 aliphatic carbocycles. The molecule has 1 atom stereocenters. The normalized spacial score (nSPS) is 15.5. The van der Waals surface area contributed by atoms with Crippen LogP contribution < -0.4 is 4.90 Å². The number of hydrogen-bond acceptors (Lipinski definition) is 8. The summed E-state index contributed by atoms with van der Waals surface area (Å²) in [6.07, 6.45) is 8.97. The first-order chi connectivity index (χ1) is 22.4. The van der Waals surface area contributed by atoms with Crippen molar-refractivity contribution in [2.75, 3.05) is 25.1 Å². The molecule has 1 aliphatic rings. The fourth-order valence-corrected chi connectivity index (χ4v) is 7.41. The number of methoxy groups -OCH3 is 1. The zero-order valence-corrected chi connectivity index (χ0v) is 29.9. The number of carbonyl (C=O) groups is 1. The van der Waals surface area contributed by atoms with Gasteiger partial charge in [-0.1, -0.05) is 37.3 Å². The van der Waals surface area contributed by atoms with Crippen LogP contribution in [-0.4, -0.2) is 51.4 Å². The van der Waals surface area contributed by atoms with Gasteiger partial charge in [0.25, 0.3) is 0 Å². The zero-order chi connectivity index (χ0) is 33.9. The topological polar surface area (TPSA) is 81.8 Å². The van der Waals surface area contributed by atoms with Crippen molar-refractivity contribution in [2.24, 2.45) is 5.41 Å². The average Bonchev–Trinajstić information content (AvgIpc) is 3.64. The number of thiazole rings is 1. The quantitative estimate of drug-likeness (QED) is 0.111. The van der Waals surface area contributed by atoms with E-state index in [0.717, 1.165) is 96.3 Å². The highest BCUT2D eigenvalue weighted by atomic mass is 32.1. The van der Waals surface area contributed by atoms with Gasteiger partial charge in [-0.05, 0) is 84.6 Å². The lowest BCUT2D eigenvalue weighted by molar-refractivity contribution is -0.164. The van der Waals surface area contributed by atoms with Crippen molar-refractivity contribution in [3.8, 4) is 22.5 Å². The van der Waals surface area contributed by atoms with Gasteiger partial charge in [-0.2, -0.15) is 9.61 Å². The Labute approximate surface area is 283 Å². The van der Waals surface area contributed by atoms with E-state index in [-0.39, 0.29) is 5.41 Å². The van der Waals surface area contributed by atoms with Crippen molar-refractivity contribution in [3.05, 3.63) is 76.8 Å². The Bertz CT molecular complexity index is 1760. The molecule has 1 aromatic carbocycles. The summed E-state index contributed by atoms with van der Waals surface area (Å²) in [6, 6.07) is 10.4. The predicted molar refractivity (Wildman–Crippen MR) is 192 cm³/mol. The highest BCUT2D eigenvalue weighted by Gasteiger charge is 2.37. The molecule has 8 nitrogen and oxygen atoms in total. The summed E-state index contributed by atoms with van der Waals surface area (Å²) in [5, 5.41) is 6.23. The molecule has 3 aromatic heterocycles. The summed E-state index contributed by atoms with van der Waals surface area (Å²) >= 11 is 1.74. The molecule has 1 unspecified atom stereocenters. The number of aromatic nitrogens is 4. The highest BCUT2D eigenvalue weighted by molar-refractivity contribution is 7.12. The maximum absolute atomic E-state index is 13.4. The van der Waals surface area contributed by atoms with E-state index in [1.165, 1.54) is 12.0 Å². The third-order valence-electron chi connectivity index (χ3n) is 8.99. The van der Waals surface area contributed by atoms with Gasteiger partial charge in [-0.25, -0.2) is 14.8 Å². The number of nitrogens with zero attached hydrogens (tertiary/aromatic N) is 5. The maximum atomic E-state index is 13.4. The number of aryl methyl sites for hydroxylation is 3. The van der Waals surface area contributed by atoms with E-state index in [2.05, 4.69) is 56.2 Å². The number of fused-ring (bicyclic) bond motifs is 1. The molecule has 1 aliphatic heterocycles. The Balaban J connectivity index is 1.64. The Morgan fingerprint density at radius 3 is 2.45 bits per heavy atom. The Kier molecular flexibility index (Phi) is 10.4. The second-order valence-electron chi connectivity index (χ2n) is 13.9. The van der Waals surface area contributed by atoms with Gasteiger partial charge in [-0.15, -0.1) is 24.5 Å². The lowest BCUT2D eigenvalue weighted by atomic mass is 9.76. The number of carbonyl (C=O) groups excluding carboxylic acids is 1. The molecule has 1 fully saturated rings. The number of ether oxygens (including phenoxy) is 2. The molecule has 4 heterocycles. The van der Waals surface area contributed by atoms with Crippen LogP contribution in [0, 0.1) is 19.3 Å². The van der Waals surface area contributed by atoms with E-state index in [1.807, 2.05) is 50.4 Å². The molecule has 0 saturated carbocycles. The summed E-state index contributed by atoms with van der Waals surface area (Å²) in [5.74, 6) is 0.381. The van der Waals surface area contributed by atoms with Crippen LogP contribution in [0.5, 0.6) is 0 Å². The van der Waals surface area contributed by atoms with Crippen molar-refractivity contribution in [1.82, 2.24) is 19.6 Å². The number of benzene rings is 1. The second kappa shape index (κ2) is 14.1. The van der Waals surface area contributed by atoms with E-state index in [0.29, 0.717) is 5.56 Å². The minimum Gasteiger partial charge on any atom is -0.467 e. The predicted octanol–water partition coefficient (Wildman–Crippen LogP) is 8.86. The average molecular weight is 656 g/mol. The van der Waals surface area contributed by atoms with Crippen LogP contribution in [0.4, 0.5) is 5.82 Å². The van der Waals surface area contributed by atoms with Gasteiger partial charge in [0.05, 0.1) is 34.7 Å². The maximum Gasteiger partial charge on any atom is 0.339 e. The minimum absolute atomic E-state index is 0.226. The van der Waals surface area contributed by atoms with Gasteiger partial charge >= 0.3 is 5.97 Å². The molecular formula is C38H49N5O3S. The van der Waals surface area contributed by atoms with E-state index in [1.54, 1.807) is 11.3 Å². The molecule has 0 spiro atoms. The smallest absolute Gasteiger partial charge is 0.339 e. The van der Waals surface area contributed by atoms with Crippen molar-refractivity contribution < 1.29 is 14.3 Å². The standard InChI is InChI=1S/C38H49N5O3S/c1-10-12-17-30-33(40-26(4)47-30)28-16-14-15-27(23-28)29-24-31-39-25(3)32(34(36(44)45-9)46-37(5,6)7)35(43(31)41-29)42-21-19-38(8,20-22-42)18-13-11-2/h10-11,14-16,23-24,34H,1-2,12-13,17-22H2,3-9H3. The molecule has 4 aromatic rings. The van der Waals surface area contributed by atoms with Gasteiger partial charge in [-0.3, -0.25) is 0 Å². The van der Waals surface area contributed by atoms with Gasteiger partial charge in [0.2, 0.25) is 0 Å². The monoisotopic (exact) mass is 655 g/mol. The van der Waals surface area contributed by atoms with Crippen LogP contribution in [0.3, 0.4) is 0 Å². The largest absolute Gasteiger partial charge is 0.467 e. The van der Waals surface area contributed by atoms with Crippen LogP contribution >= 0.6 is 11.3 Å². The number of anilines is 1. The molecule has 47 heavy (non-hydrogen) atoms. The molecule has 5 rings (SSSR count). The number of esters is 1. The van der Waals surface area contributed by atoms with Crippen LogP contribution in [-0.2, 0) is 20.7 Å². The third kappa shape index (κ3) is 7.68. The first-order valence-corrected chi connectivity index (χ1v) is 17.4. The van der Waals surface area contributed by atoms with E-state index in [9.17, 15) is 4.79 Å². The summed E-state index contributed by atoms with van der Waals surface area (Å²) in [6.45, 7) is 21.7. The van der Waals surface area contributed by atoms with Crippen molar-refractivity contribution in [2.45, 2.75) is 91.8 Å². The van der Waals surface area contributed by atoms with Crippen molar-refractivity contribution in [1.29, 1.82) is 0 Å². The summed E-state index contributed by atoms with van der Waals surface area (Å²) in [4.78, 5) is 26.9. The molecule has 250 valence electrons. The van der Waals surface area contributed by atoms with Gasteiger partial charge in [0.15, 0.2) is 11.8 Å². The SMILES string of the molecule is C=CCCc1sc(C)nc1-c1cccc(-c2cc3nc(C)c(C(OC(C)(C)C)C(=O)OC)c(N4CCC(C)(CCC=C)CC4)n3n2)c1. The summed E-state index contributed by atoms with van der Waals surface area (Å²) in [5.41, 5.74) is 5.62. The van der Waals surface area contributed by atoms with Gasteiger partial charge < -0.3 is 14.4 Å². The van der Waals surface area contributed by atoms with Crippen molar-refractivity contribution in [3.63, 3.8) is 0 Å². The zero-order valence-electron chi connectivity index (χ0n) is 29.1. The van der Waals surface area contributed by atoms with Crippen LogP contribution in [0.2, 0.25) is 0 Å². The minimum atomic E-state index is -0.959. The molecule has 0 radical (unpaired) electrons. The number of piperidine rings is 1. The fourth-order valence-electron chi connectivity index (χ4n) is 6.43. The van der Waals surface area contributed by atoms with E-state index in [4.69, 9.17) is 24.5 Å². The Morgan fingerprint density at radius 2 is 1.79 bits per heavy atom. The second-order valence-corrected chi connectivity index (χ2v) is 15.2. The van der Waals surface area contributed by atoms with E-state index >= 15 is 0 Å². The molecule has 0 bridgehead atoms. The molecule has 9 heteroatoms. The molecule has 1 saturated heterocycles. The Morgan fingerprint density at radius 1 is 1.09 bits per heavy atom. The lowest BCUT2D eigenvalue weighted by Gasteiger charge is -2.41. The molecule has 0 amide bonds. The van der Waals surface area contributed by atoms with Crippen LogP contribution in [0.25, 0.3) is 28.2 Å². The van der Waals surface area contributed by atoms with Gasteiger partial charge in [0, 0.05) is 40.9 Å². The van der Waals surface area contributed by atoms with Crippen LogP contribution in [0.15, 0.2) is 55.6 Å². The first kappa shape index (κ1) is 34.5. The number of rotatable bonds is 12. The highest BCUT2D eigenvalue weighted by Crippen LogP contribution is 2.41. The Hall–Kier alpha value is -3.82. The van der Waals surface area contributed by atoms with Crippen molar-refractivity contribution >= 4 is 28.8 Å². The summed E-state index contributed by atoms with van der Waals surface area (Å²) < 4.78 is 13.6. The fraction of sp³-hybridized carbons (Fsp3) is 0.474. The first-order valence-electron chi connectivity index (χ1n) is 16.6. The molecule has 0 N–H and O–H groups in total. The summed E-state index contributed by atoms with van der Waals surface area (Å²) in [7, 11) is 1.40. The van der Waals surface area contributed by atoms with E-state index < -0.39 is 17.7 Å².